The molecule has 0 aliphatic heterocycles. The van der Waals surface area contributed by atoms with E-state index < -0.39 is 0 Å². The standard InChI is InChI=1S/C20H14N.C19H24N.Ir/c1-20(2)15-9-3-6-12-13-8-5-11-21-19(13)14-7-4-10-16(20)18(14)17(12)15;1-18(2,3)15-9-7-8-14(12-15)17-13-16(10-11-20-17)19(4,5)6;/h3-6,8-11H,1-2H3;7,9-13H,1-6H3;/q2*-1;. The molecule has 2 nitrogen and oxygen atoms in total. The molecule has 0 atom stereocenters. The van der Waals surface area contributed by atoms with Gasteiger partial charge in [0.2, 0.25) is 0 Å². The molecule has 1 aliphatic carbocycles. The van der Waals surface area contributed by atoms with Crippen molar-refractivity contribution in [2.45, 2.75) is 71.6 Å². The maximum absolute atomic E-state index is 4.64. The zero-order chi connectivity index (χ0) is 29.2. The first-order chi connectivity index (χ1) is 19.4. The van der Waals surface area contributed by atoms with Crippen LogP contribution < -0.4 is 0 Å². The van der Waals surface area contributed by atoms with E-state index in [1.807, 2.05) is 30.6 Å². The van der Waals surface area contributed by atoms with Crippen molar-refractivity contribution in [1.82, 2.24) is 9.97 Å². The molecule has 2 heterocycles. The smallest absolute Gasteiger partial charge is 0.0163 e. The minimum atomic E-state index is 0. The number of benzene rings is 4. The van der Waals surface area contributed by atoms with Gasteiger partial charge in [-0.3, -0.25) is 0 Å². The van der Waals surface area contributed by atoms with Crippen LogP contribution in [0.2, 0.25) is 0 Å². The second kappa shape index (κ2) is 10.7. The van der Waals surface area contributed by atoms with Crippen molar-refractivity contribution in [2.75, 3.05) is 0 Å². The molecule has 0 amide bonds. The quantitative estimate of drug-likeness (QED) is 0.125. The van der Waals surface area contributed by atoms with Crippen molar-refractivity contribution in [2.24, 2.45) is 0 Å². The van der Waals surface area contributed by atoms with E-state index in [0.29, 0.717) is 0 Å². The van der Waals surface area contributed by atoms with Gasteiger partial charge < -0.3 is 9.97 Å². The molecule has 1 radical (unpaired) electrons. The number of nitrogens with zero attached hydrogens (tertiary/aromatic N) is 2. The molecule has 1 aliphatic rings. The molecule has 7 rings (SSSR count). The molecule has 42 heavy (non-hydrogen) atoms. The molecule has 0 N–H and O–H groups in total. The van der Waals surface area contributed by atoms with E-state index in [-0.39, 0.29) is 36.4 Å². The average molecular weight is 727 g/mol. The molecule has 0 saturated heterocycles. The van der Waals surface area contributed by atoms with Gasteiger partial charge in [0.15, 0.2) is 0 Å². The van der Waals surface area contributed by atoms with Gasteiger partial charge >= 0.3 is 0 Å². The summed E-state index contributed by atoms with van der Waals surface area (Å²) < 4.78 is 0. The molecule has 215 valence electrons. The van der Waals surface area contributed by atoms with Crippen LogP contribution >= 0.6 is 0 Å². The van der Waals surface area contributed by atoms with Crippen molar-refractivity contribution < 1.29 is 20.1 Å². The molecule has 0 fully saturated rings. The zero-order valence-corrected chi connectivity index (χ0v) is 28.2. The number of pyridine rings is 2. The summed E-state index contributed by atoms with van der Waals surface area (Å²) in [5.74, 6) is 0. The van der Waals surface area contributed by atoms with Crippen LogP contribution in [0.4, 0.5) is 0 Å². The maximum Gasteiger partial charge on any atom is 0.0163 e. The van der Waals surface area contributed by atoms with Gasteiger partial charge in [-0.15, -0.1) is 64.5 Å². The van der Waals surface area contributed by atoms with Gasteiger partial charge in [0.05, 0.1) is 0 Å². The number of hydrogen-bond acceptors (Lipinski definition) is 2. The Balaban J connectivity index is 0.000000164. The number of aromatic nitrogens is 2. The van der Waals surface area contributed by atoms with Gasteiger partial charge in [0, 0.05) is 32.5 Å². The molecule has 0 spiro atoms. The summed E-state index contributed by atoms with van der Waals surface area (Å²) in [6.07, 6.45) is 3.77. The minimum Gasteiger partial charge on any atom is -0.305 e. The number of fused-ring (bicyclic) bond motifs is 3. The third kappa shape index (κ3) is 5.08. The fraction of sp³-hybridized carbons (Fsp3) is 0.282. The molecule has 6 aromatic rings. The Morgan fingerprint density at radius 3 is 2.05 bits per heavy atom. The molecule has 0 bridgehead atoms. The monoisotopic (exact) mass is 727 g/mol. The summed E-state index contributed by atoms with van der Waals surface area (Å²) in [6.45, 7) is 18.0. The van der Waals surface area contributed by atoms with Crippen LogP contribution in [0.3, 0.4) is 0 Å². The van der Waals surface area contributed by atoms with E-state index in [4.69, 9.17) is 0 Å². The Morgan fingerprint density at radius 2 is 1.31 bits per heavy atom. The number of rotatable bonds is 1. The summed E-state index contributed by atoms with van der Waals surface area (Å²) in [5.41, 5.74) is 8.91. The van der Waals surface area contributed by atoms with E-state index in [2.05, 4.69) is 132 Å². The average Bonchev–Trinajstić information content (AvgIpc) is 3.19. The predicted octanol–water partition coefficient (Wildman–Crippen LogP) is 10.1. The molecule has 4 aromatic carbocycles. The topological polar surface area (TPSA) is 25.8 Å². The van der Waals surface area contributed by atoms with E-state index >= 15 is 0 Å². The first kappa shape index (κ1) is 30.1. The van der Waals surface area contributed by atoms with E-state index in [0.717, 1.165) is 22.2 Å². The van der Waals surface area contributed by atoms with Gasteiger partial charge in [-0.1, -0.05) is 91.1 Å². The molecule has 0 saturated carbocycles. The van der Waals surface area contributed by atoms with E-state index in [1.54, 1.807) is 0 Å². The molecular weight excluding hydrogens is 689 g/mol. The Kier molecular flexibility index (Phi) is 7.67. The van der Waals surface area contributed by atoms with Crippen molar-refractivity contribution >= 4 is 32.4 Å². The second-order valence-corrected chi connectivity index (χ2v) is 13.8. The molecule has 3 heteroatoms. The summed E-state index contributed by atoms with van der Waals surface area (Å²) >= 11 is 0. The van der Waals surface area contributed by atoms with E-state index in [9.17, 15) is 0 Å². The minimum absolute atomic E-state index is 0. The van der Waals surface area contributed by atoms with Crippen molar-refractivity contribution in [3.8, 4) is 11.3 Å². The van der Waals surface area contributed by atoms with Gasteiger partial charge in [-0.05, 0) is 66.9 Å². The summed E-state index contributed by atoms with van der Waals surface area (Å²) in [6, 6.07) is 32.5. The largest absolute Gasteiger partial charge is 0.305 e. The fourth-order valence-electron chi connectivity index (χ4n) is 6.12. The predicted molar refractivity (Wildman–Crippen MR) is 174 cm³/mol. The van der Waals surface area contributed by atoms with Crippen LogP contribution in [0, 0.1) is 12.1 Å². The normalized spacial score (nSPS) is 13.7. The maximum atomic E-state index is 4.64. The van der Waals surface area contributed by atoms with Crippen molar-refractivity contribution in [3.05, 3.63) is 120 Å². The first-order valence-electron chi connectivity index (χ1n) is 14.5. The van der Waals surface area contributed by atoms with Crippen LogP contribution in [0.25, 0.3) is 43.7 Å². The third-order valence-corrected chi connectivity index (χ3v) is 8.56. The Bertz CT molecular complexity index is 1800. The molecular formula is C39H38IrN2-2. The fourth-order valence-corrected chi connectivity index (χ4v) is 6.12. The summed E-state index contributed by atoms with van der Waals surface area (Å²) in [5, 5.41) is 6.44. The third-order valence-electron chi connectivity index (χ3n) is 8.56. The Hall–Kier alpha value is -3.39. The van der Waals surface area contributed by atoms with E-state index in [1.165, 1.54) is 43.8 Å². The Morgan fingerprint density at radius 1 is 0.643 bits per heavy atom. The van der Waals surface area contributed by atoms with Crippen LogP contribution in [-0.2, 0) is 36.4 Å². The van der Waals surface area contributed by atoms with Crippen LogP contribution in [0.5, 0.6) is 0 Å². The van der Waals surface area contributed by atoms with Crippen LogP contribution in [0.15, 0.2) is 85.2 Å². The van der Waals surface area contributed by atoms with Gasteiger partial charge in [-0.25, -0.2) is 0 Å². The van der Waals surface area contributed by atoms with Gasteiger partial charge in [0.25, 0.3) is 0 Å². The Labute approximate surface area is 264 Å². The number of hydrogen-bond donors (Lipinski definition) is 0. The summed E-state index contributed by atoms with van der Waals surface area (Å²) in [7, 11) is 0. The van der Waals surface area contributed by atoms with Crippen molar-refractivity contribution in [1.29, 1.82) is 0 Å². The van der Waals surface area contributed by atoms with Crippen LogP contribution in [-0.4, -0.2) is 9.97 Å². The van der Waals surface area contributed by atoms with Crippen molar-refractivity contribution in [3.63, 3.8) is 0 Å². The van der Waals surface area contributed by atoms with Gasteiger partial charge in [-0.2, -0.15) is 0 Å². The zero-order valence-electron chi connectivity index (χ0n) is 25.8. The molecule has 0 unspecified atom stereocenters. The van der Waals surface area contributed by atoms with Gasteiger partial charge in [0.1, 0.15) is 0 Å². The molecule has 2 aromatic heterocycles. The second-order valence-electron chi connectivity index (χ2n) is 13.8. The summed E-state index contributed by atoms with van der Waals surface area (Å²) in [4.78, 5) is 9.16. The SMILES string of the molecule is CC(C)(C)c1cc[c-]c(-c2cc(C(C)(C)C)ccn2)c1.CC1(C)c2cc[c-]c3c4ncccc4c4cccc1c4c23.[Ir]. The van der Waals surface area contributed by atoms with Crippen LogP contribution in [0.1, 0.15) is 77.6 Å². The first-order valence-corrected chi connectivity index (χ1v) is 14.5.